The molecule has 0 amide bonds. The molecule has 4 nitrogen and oxygen atoms in total. The lowest BCUT2D eigenvalue weighted by Gasteiger charge is -2.22. The number of sulfonamides is 1. The van der Waals surface area contributed by atoms with Gasteiger partial charge in [0.05, 0.1) is 4.90 Å². The third-order valence-electron chi connectivity index (χ3n) is 3.98. The van der Waals surface area contributed by atoms with Crippen molar-refractivity contribution in [1.29, 1.82) is 0 Å². The molecular weight excluding hydrogens is 352 g/mol. The first-order valence-corrected chi connectivity index (χ1v) is 9.46. The third-order valence-corrected chi connectivity index (χ3v) is 7.29. The molecule has 2 atom stereocenters. The maximum atomic E-state index is 13.0. The highest BCUT2D eigenvalue weighted by Crippen LogP contribution is 2.34. The Balaban J connectivity index is 2.49. The highest BCUT2D eigenvalue weighted by Gasteiger charge is 2.37. The van der Waals surface area contributed by atoms with Crippen molar-refractivity contribution in [2.75, 3.05) is 13.6 Å². The van der Waals surface area contributed by atoms with Gasteiger partial charge in [-0.3, -0.25) is 0 Å². The van der Waals surface area contributed by atoms with Gasteiger partial charge in [0.25, 0.3) is 0 Å². The normalized spacial score (nSPS) is 23.7. The number of hydrogen-bond acceptors (Lipinski definition) is 3. The first-order valence-electron chi connectivity index (χ1n) is 7.22. The highest BCUT2D eigenvalue weighted by atomic mass is 79.9. The fourth-order valence-corrected chi connectivity index (χ4v) is 5.82. The van der Waals surface area contributed by atoms with Gasteiger partial charge in [-0.1, -0.05) is 13.0 Å². The molecule has 1 aliphatic heterocycles. The summed E-state index contributed by atoms with van der Waals surface area (Å²) in [6, 6.07) is 3.85. The number of aryl methyl sites for hydroxylation is 1. The van der Waals surface area contributed by atoms with Crippen molar-refractivity contribution in [3.8, 4) is 0 Å². The molecule has 0 aliphatic carbocycles. The molecule has 1 N–H and O–H groups in total. The van der Waals surface area contributed by atoms with Gasteiger partial charge in [0.2, 0.25) is 10.0 Å². The molecule has 1 aliphatic rings. The van der Waals surface area contributed by atoms with Crippen LogP contribution in [0.4, 0.5) is 0 Å². The Labute approximate surface area is 136 Å². The third kappa shape index (κ3) is 3.33. The molecule has 0 radical (unpaired) electrons. The van der Waals surface area contributed by atoms with Crippen LogP contribution in [0, 0.1) is 12.8 Å². The maximum Gasteiger partial charge on any atom is 0.244 e. The van der Waals surface area contributed by atoms with Crippen LogP contribution < -0.4 is 5.32 Å². The second kappa shape index (κ2) is 6.36. The van der Waals surface area contributed by atoms with E-state index in [1.54, 1.807) is 10.4 Å². The molecule has 0 aromatic heterocycles. The Hall–Kier alpha value is -0.430. The smallest absolute Gasteiger partial charge is 0.244 e. The van der Waals surface area contributed by atoms with E-state index in [0.717, 1.165) is 17.5 Å². The van der Waals surface area contributed by atoms with Crippen molar-refractivity contribution in [2.24, 2.45) is 5.92 Å². The molecule has 0 spiro atoms. The van der Waals surface area contributed by atoms with Gasteiger partial charge in [0.15, 0.2) is 0 Å². The average molecular weight is 375 g/mol. The van der Waals surface area contributed by atoms with Gasteiger partial charge in [0.1, 0.15) is 0 Å². The van der Waals surface area contributed by atoms with Crippen LogP contribution in [0.3, 0.4) is 0 Å². The molecule has 2 unspecified atom stereocenters. The van der Waals surface area contributed by atoms with Gasteiger partial charge >= 0.3 is 0 Å². The fraction of sp³-hybridized carbons (Fsp3) is 0.600. The summed E-state index contributed by atoms with van der Waals surface area (Å²) in [6.45, 7) is 7.27. The minimum absolute atomic E-state index is 0.0603. The SMILES string of the molecule is CNCc1cc(C)c(Br)c(S(=O)(=O)N2CC(C)CC2C)c1. The van der Waals surface area contributed by atoms with Crippen LogP contribution in [0.1, 0.15) is 31.4 Å². The second-order valence-corrected chi connectivity index (χ2v) is 8.67. The maximum absolute atomic E-state index is 13.0. The predicted molar refractivity (Wildman–Crippen MR) is 88.8 cm³/mol. The summed E-state index contributed by atoms with van der Waals surface area (Å²) in [6.07, 6.45) is 0.923. The van der Waals surface area contributed by atoms with Crippen molar-refractivity contribution in [1.82, 2.24) is 9.62 Å². The first kappa shape index (κ1) is 16.9. The van der Waals surface area contributed by atoms with Crippen LogP contribution in [0.5, 0.6) is 0 Å². The van der Waals surface area contributed by atoms with Gasteiger partial charge in [-0.15, -0.1) is 0 Å². The molecule has 2 rings (SSSR count). The van der Waals surface area contributed by atoms with Crippen LogP contribution in [0.25, 0.3) is 0 Å². The van der Waals surface area contributed by atoms with E-state index in [2.05, 4.69) is 28.2 Å². The molecule has 1 aromatic carbocycles. The molecule has 6 heteroatoms. The Kier molecular flexibility index (Phi) is 5.13. The predicted octanol–water partition coefficient (Wildman–Crippen LogP) is 2.90. The van der Waals surface area contributed by atoms with Gasteiger partial charge in [-0.05, 0) is 66.4 Å². The van der Waals surface area contributed by atoms with E-state index in [4.69, 9.17) is 0 Å². The monoisotopic (exact) mass is 374 g/mol. The van der Waals surface area contributed by atoms with E-state index < -0.39 is 10.0 Å². The lowest BCUT2D eigenvalue weighted by molar-refractivity contribution is 0.405. The van der Waals surface area contributed by atoms with E-state index in [1.165, 1.54) is 0 Å². The summed E-state index contributed by atoms with van der Waals surface area (Å²) in [5, 5.41) is 3.07. The average Bonchev–Trinajstić information content (AvgIpc) is 2.73. The topological polar surface area (TPSA) is 49.4 Å². The molecular formula is C15H23BrN2O2S. The van der Waals surface area contributed by atoms with Crippen LogP contribution in [0.15, 0.2) is 21.5 Å². The zero-order chi connectivity index (χ0) is 15.8. The summed E-state index contributed by atoms with van der Waals surface area (Å²) >= 11 is 3.46. The Morgan fingerprint density at radius 3 is 2.57 bits per heavy atom. The molecule has 0 bridgehead atoms. The fourth-order valence-electron chi connectivity index (χ4n) is 3.03. The van der Waals surface area contributed by atoms with Gasteiger partial charge in [0, 0.05) is 23.6 Å². The number of nitrogens with zero attached hydrogens (tertiary/aromatic N) is 1. The number of halogens is 1. The van der Waals surface area contributed by atoms with E-state index >= 15 is 0 Å². The van der Waals surface area contributed by atoms with E-state index in [-0.39, 0.29) is 6.04 Å². The highest BCUT2D eigenvalue weighted by molar-refractivity contribution is 9.10. The van der Waals surface area contributed by atoms with Crippen molar-refractivity contribution in [3.63, 3.8) is 0 Å². The Morgan fingerprint density at radius 2 is 2.05 bits per heavy atom. The first-order chi connectivity index (χ1) is 9.77. The van der Waals surface area contributed by atoms with Crippen molar-refractivity contribution in [3.05, 3.63) is 27.7 Å². The van der Waals surface area contributed by atoms with Crippen LogP contribution in [-0.4, -0.2) is 32.4 Å². The van der Waals surface area contributed by atoms with Gasteiger partial charge in [-0.25, -0.2) is 8.42 Å². The van der Waals surface area contributed by atoms with E-state index in [0.29, 0.717) is 28.4 Å². The van der Waals surface area contributed by atoms with E-state index in [1.807, 2.05) is 27.0 Å². The molecule has 1 heterocycles. The minimum Gasteiger partial charge on any atom is -0.316 e. The van der Waals surface area contributed by atoms with Crippen LogP contribution in [-0.2, 0) is 16.6 Å². The molecule has 118 valence electrons. The summed E-state index contributed by atoms with van der Waals surface area (Å²) in [4.78, 5) is 0.383. The summed E-state index contributed by atoms with van der Waals surface area (Å²) in [5.41, 5.74) is 1.93. The standard InChI is InChI=1S/C15H23BrN2O2S/c1-10-5-12(3)18(9-10)21(19,20)14-7-13(8-17-4)6-11(2)15(14)16/h6-7,10,12,17H,5,8-9H2,1-4H3. The van der Waals surface area contributed by atoms with Crippen molar-refractivity contribution >= 4 is 26.0 Å². The zero-order valence-corrected chi connectivity index (χ0v) is 15.4. The molecule has 21 heavy (non-hydrogen) atoms. The minimum atomic E-state index is -3.46. The Morgan fingerprint density at radius 1 is 1.38 bits per heavy atom. The number of hydrogen-bond donors (Lipinski definition) is 1. The van der Waals surface area contributed by atoms with Crippen molar-refractivity contribution < 1.29 is 8.42 Å². The second-order valence-electron chi connectivity index (χ2n) is 6.02. The largest absolute Gasteiger partial charge is 0.316 e. The lowest BCUT2D eigenvalue weighted by atomic mass is 10.1. The zero-order valence-electron chi connectivity index (χ0n) is 13.0. The van der Waals surface area contributed by atoms with Crippen LogP contribution >= 0.6 is 15.9 Å². The number of rotatable bonds is 4. The number of nitrogens with one attached hydrogen (secondary N) is 1. The summed E-state index contributed by atoms with van der Waals surface area (Å²) in [7, 11) is -1.60. The van der Waals surface area contributed by atoms with Crippen LogP contribution in [0.2, 0.25) is 0 Å². The summed E-state index contributed by atoms with van der Waals surface area (Å²) < 4.78 is 28.3. The lowest BCUT2D eigenvalue weighted by Crippen LogP contribution is -2.34. The molecule has 1 fully saturated rings. The molecule has 1 saturated heterocycles. The number of benzene rings is 1. The molecule has 1 aromatic rings. The summed E-state index contributed by atoms with van der Waals surface area (Å²) in [5.74, 6) is 0.412. The molecule has 0 saturated carbocycles. The quantitative estimate of drug-likeness (QED) is 0.881. The van der Waals surface area contributed by atoms with Crippen molar-refractivity contribution in [2.45, 2.75) is 44.7 Å². The Bertz CT molecular complexity index is 631. The van der Waals surface area contributed by atoms with Gasteiger partial charge < -0.3 is 5.32 Å². The van der Waals surface area contributed by atoms with Gasteiger partial charge in [-0.2, -0.15) is 4.31 Å². The van der Waals surface area contributed by atoms with E-state index in [9.17, 15) is 8.42 Å².